The molecule has 0 aliphatic rings. The Labute approximate surface area is 85.3 Å². The molecular weight excluding hydrogens is 198 g/mol. The Morgan fingerprint density at radius 2 is 2.00 bits per heavy atom. The Kier molecular flexibility index (Phi) is 2.28. The molecule has 6 heteroatoms. The molecule has 0 aliphatic heterocycles. The number of rotatable bonds is 2. The molecule has 2 N–H and O–H groups in total. The number of nitrogens with two attached hydrogens (primary N) is 1. The van der Waals surface area contributed by atoms with Crippen molar-refractivity contribution in [3.8, 4) is 0 Å². The van der Waals surface area contributed by atoms with Crippen molar-refractivity contribution in [3.63, 3.8) is 0 Å². The van der Waals surface area contributed by atoms with Gasteiger partial charge < -0.3 is 10.6 Å². The summed E-state index contributed by atoms with van der Waals surface area (Å²) in [5.41, 5.74) is 7.35. The highest BCUT2D eigenvalue weighted by Gasteiger charge is 2.06. The summed E-state index contributed by atoms with van der Waals surface area (Å²) < 4.78 is 3.70. The van der Waals surface area contributed by atoms with Crippen molar-refractivity contribution in [2.75, 3.05) is 17.7 Å². The van der Waals surface area contributed by atoms with Crippen LogP contribution < -0.4 is 10.6 Å². The first kappa shape index (κ1) is 8.89. The zero-order chi connectivity index (χ0) is 9.97. The smallest absolute Gasteiger partial charge is 0.232 e. The second-order valence-corrected chi connectivity index (χ2v) is 3.51. The van der Waals surface area contributed by atoms with E-state index in [1.165, 1.54) is 11.5 Å². The second kappa shape index (κ2) is 3.59. The molecule has 0 spiro atoms. The molecule has 0 saturated carbocycles. The molecule has 0 bridgehead atoms. The lowest BCUT2D eigenvalue weighted by molar-refractivity contribution is 0.944. The van der Waals surface area contributed by atoms with Crippen molar-refractivity contribution in [1.29, 1.82) is 0 Å². The lowest BCUT2D eigenvalue weighted by Gasteiger charge is -2.14. The minimum absolute atomic E-state index is 0.748. The first-order valence-corrected chi connectivity index (χ1v) is 4.79. The van der Waals surface area contributed by atoms with Crippen molar-refractivity contribution in [2.24, 2.45) is 0 Å². The van der Waals surface area contributed by atoms with Gasteiger partial charge in [-0.25, -0.2) is 0 Å². The molecule has 0 unspecified atom stereocenters. The molecule has 1 heterocycles. The van der Waals surface area contributed by atoms with Gasteiger partial charge in [-0.2, -0.15) is 0 Å². The Bertz CT molecular complexity index is 396. The van der Waals surface area contributed by atoms with Crippen molar-refractivity contribution < 1.29 is 0 Å². The predicted molar refractivity (Wildman–Crippen MR) is 56.6 cm³/mol. The standard InChI is InChI=1S/C8H9N5S/c1-13(8-10-11-12-14-8)7-4-2-6(9)3-5-7/h2-5H,9H2,1H3. The lowest BCUT2D eigenvalue weighted by atomic mass is 10.3. The molecule has 0 atom stereocenters. The molecular formula is C8H9N5S. The molecule has 2 rings (SSSR count). The van der Waals surface area contributed by atoms with E-state index >= 15 is 0 Å². The van der Waals surface area contributed by atoms with Gasteiger partial charge in [-0.3, -0.25) is 0 Å². The highest BCUT2D eigenvalue weighted by atomic mass is 32.1. The predicted octanol–water partition coefficient (Wildman–Crippen LogP) is 1.28. The zero-order valence-corrected chi connectivity index (χ0v) is 8.40. The van der Waals surface area contributed by atoms with Gasteiger partial charge in [-0.1, -0.05) is 9.59 Å². The third-order valence-electron chi connectivity index (χ3n) is 1.86. The SMILES string of the molecule is CN(c1ccc(N)cc1)c1nnns1. The van der Waals surface area contributed by atoms with Gasteiger partial charge in [0.15, 0.2) is 0 Å². The summed E-state index contributed by atoms with van der Waals surface area (Å²) in [6.07, 6.45) is 0. The summed E-state index contributed by atoms with van der Waals surface area (Å²) >= 11 is 1.25. The Balaban J connectivity index is 2.28. The fourth-order valence-electron chi connectivity index (χ4n) is 1.07. The molecule has 0 fully saturated rings. The van der Waals surface area contributed by atoms with Gasteiger partial charge in [-0.15, -0.1) is 0 Å². The fourth-order valence-corrected chi connectivity index (χ4v) is 1.51. The summed E-state index contributed by atoms with van der Waals surface area (Å²) in [6.45, 7) is 0. The maximum atomic E-state index is 5.59. The van der Waals surface area contributed by atoms with E-state index in [-0.39, 0.29) is 0 Å². The average molecular weight is 207 g/mol. The molecule has 14 heavy (non-hydrogen) atoms. The number of nitrogens with zero attached hydrogens (tertiary/aromatic N) is 4. The molecule has 2 aromatic rings. The van der Waals surface area contributed by atoms with Gasteiger partial charge in [0.05, 0.1) is 0 Å². The Morgan fingerprint density at radius 1 is 1.29 bits per heavy atom. The van der Waals surface area contributed by atoms with Crippen LogP contribution in [0.25, 0.3) is 0 Å². The van der Waals surface area contributed by atoms with E-state index in [0.29, 0.717) is 0 Å². The minimum atomic E-state index is 0.748. The van der Waals surface area contributed by atoms with Crippen LogP contribution >= 0.6 is 11.5 Å². The highest BCUT2D eigenvalue weighted by molar-refractivity contribution is 7.09. The third kappa shape index (κ3) is 1.64. The summed E-state index contributed by atoms with van der Waals surface area (Å²) in [4.78, 5) is 1.91. The van der Waals surface area contributed by atoms with E-state index in [9.17, 15) is 0 Å². The summed E-state index contributed by atoms with van der Waals surface area (Å²) in [5.74, 6) is 0. The second-order valence-electron chi connectivity index (χ2n) is 2.80. The van der Waals surface area contributed by atoms with Crippen LogP contribution in [0.2, 0.25) is 0 Å². The van der Waals surface area contributed by atoms with E-state index in [1.807, 2.05) is 36.2 Å². The van der Waals surface area contributed by atoms with Gasteiger partial charge in [0.1, 0.15) is 0 Å². The highest BCUT2D eigenvalue weighted by Crippen LogP contribution is 2.23. The normalized spacial score (nSPS) is 10.1. The maximum absolute atomic E-state index is 5.59. The Morgan fingerprint density at radius 3 is 2.57 bits per heavy atom. The van der Waals surface area contributed by atoms with Gasteiger partial charge >= 0.3 is 0 Å². The number of hydrogen-bond donors (Lipinski definition) is 1. The number of nitrogen functional groups attached to an aromatic ring is 1. The number of anilines is 3. The average Bonchev–Trinajstić information content (AvgIpc) is 2.71. The summed E-state index contributed by atoms with van der Waals surface area (Å²) in [7, 11) is 1.91. The maximum Gasteiger partial charge on any atom is 0.232 e. The number of benzene rings is 1. The van der Waals surface area contributed by atoms with E-state index in [1.54, 1.807) is 0 Å². The topological polar surface area (TPSA) is 67.9 Å². The van der Waals surface area contributed by atoms with Crippen molar-refractivity contribution in [1.82, 2.24) is 14.8 Å². The monoisotopic (exact) mass is 207 g/mol. The molecule has 0 radical (unpaired) electrons. The number of hydrogen-bond acceptors (Lipinski definition) is 6. The molecule has 1 aromatic carbocycles. The molecule has 72 valence electrons. The van der Waals surface area contributed by atoms with Crippen LogP contribution in [0.5, 0.6) is 0 Å². The van der Waals surface area contributed by atoms with E-state index in [4.69, 9.17) is 5.73 Å². The van der Waals surface area contributed by atoms with Crippen LogP contribution in [0.1, 0.15) is 0 Å². The molecule has 0 saturated heterocycles. The van der Waals surface area contributed by atoms with Crippen molar-refractivity contribution >= 4 is 28.0 Å². The van der Waals surface area contributed by atoms with Crippen LogP contribution in [0.4, 0.5) is 16.5 Å². The lowest BCUT2D eigenvalue weighted by Crippen LogP contribution is -2.08. The summed E-state index contributed by atoms with van der Waals surface area (Å²) in [6, 6.07) is 7.55. The summed E-state index contributed by atoms with van der Waals surface area (Å²) in [5, 5.41) is 8.16. The minimum Gasteiger partial charge on any atom is -0.399 e. The van der Waals surface area contributed by atoms with Crippen molar-refractivity contribution in [3.05, 3.63) is 24.3 Å². The van der Waals surface area contributed by atoms with Crippen LogP contribution in [0.3, 0.4) is 0 Å². The fraction of sp³-hybridized carbons (Fsp3) is 0.125. The molecule has 0 amide bonds. The van der Waals surface area contributed by atoms with E-state index < -0.39 is 0 Å². The van der Waals surface area contributed by atoms with Crippen LogP contribution in [-0.2, 0) is 0 Å². The molecule has 1 aromatic heterocycles. The van der Waals surface area contributed by atoms with Gasteiger partial charge in [0.2, 0.25) is 5.13 Å². The zero-order valence-electron chi connectivity index (χ0n) is 7.58. The van der Waals surface area contributed by atoms with Crippen molar-refractivity contribution in [2.45, 2.75) is 0 Å². The Hall–Kier alpha value is -1.69. The first-order valence-electron chi connectivity index (χ1n) is 4.01. The molecule has 0 aliphatic carbocycles. The number of aromatic nitrogens is 3. The molecule has 5 nitrogen and oxygen atoms in total. The van der Waals surface area contributed by atoms with Crippen LogP contribution in [0, 0.1) is 0 Å². The third-order valence-corrected chi connectivity index (χ3v) is 2.53. The van der Waals surface area contributed by atoms with Gasteiger partial charge in [0.25, 0.3) is 0 Å². The van der Waals surface area contributed by atoms with Gasteiger partial charge in [0, 0.05) is 30.0 Å². The van der Waals surface area contributed by atoms with Gasteiger partial charge in [-0.05, 0) is 29.5 Å². The van der Waals surface area contributed by atoms with Crippen LogP contribution in [0.15, 0.2) is 24.3 Å². The van der Waals surface area contributed by atoms with Crippen LogP contribution in [-0.4, -0.2) is 21.8 Å². The quantitative estimate of drug-likeness (QED) is 0.751. The van der Waals surface area contributed by atoms with E-state index in [2.05, 4.69) is 14.8 Å². The van der Waals surface area contributed by atoms with E-state index in [0.717, 1.165) is 16.5 Å². The first-order chi connectivity index (χ1) is 6.77. The largest absolute Gasteiger partial charge is 0.399 e.